The second-order valence-electron chi connectivity index (χ2n) is 5.58. The molecular weight excluding hydrogens is 326 g/mol. The summed E-state index contributed by atoms with van der Waals surface area (Å²) in [6, 6.07) is 7.64. The van der Waals surface area contributed by atoms with E-state index in [4.69, 9.17) is 0 Å². The number of carbonyl (C=O) groups is 3. The van der Waals surface area contributed by atoms with Gasteiger partial charge in [-0.2, -0.15) is 0 Å². The quantitative estimate of drug-likeness (QED) is 0.755. The molecule has 126 valence electrons. The van der Waals surface area contributed by atoms with Gasteiger partial charge < -0.3 is 10.4 Å². The summed E-state index contributed by atoms with van der Waals surface area (Å²) >= 11 is 1.33. The van der Waals surface area contributed by atoms with Crippen molar-refractivity contribution in [3.8, 4) is 0 Å². The van der Waals surface area contributed by atoms with Crippen LogP contribution in [-0.4, -0.2) is 22.8 Å². The highest BCUT2D eigenvalue weighted by Gasteiger charge is 2.22. The first kappa shape index (κ1) is 17.9. The highest BCUT2D eigenvalue weighted by molar-refractivity contribution is 7.12. The van der Waals surface area contributed by atoms with E-state index in [9.17, 15) is 19.5 Å². The van der Waals surface area contributed by atoms with Gasteiger partial charge in [0.2, 0.25) is 5.91 Å². The third kappa shape index (κ3) is 4.52. The predicted octanol–water partition coefficient (Wildman–Crippen LogP) is 3.27. The van der Waals surface area contributed by atoms with Gasteiger partial charge in [0.1, 0.15) is 0 Å². The van der Waals surface area contributed by atoms with E-state index >= 15 is 0 Å². The third-order valence-electron chi connectivity index (χ3n) is 3.79. The molecule has 0 saturated carbocycles. The molecule has 1 atom stereocenters. The Hall–Kier alpha value is -2.47. The summed E-state index contributed by atoms with van der Waals surface area (Å²) in [5.74, 6) is -1.69. The number of hydrogen-bond donors (Lipinski definition) is 2. The molecule has 2 rings (SSSR count). The maximum absolute atomic E-state index is 12.0. The number of carbonyl (C=O) groups excluding carboxylic acids is 2. The van der Waals surface area contributed by atoms with Gasteiger partial charge >= 0.3 is 5.97 Å². The Morgan fingerprint density at radius 1 is 1.12 bits per heavy atom. The summed E-state index contributed by atoms with van der Waals surface area (Å²) in [4.78, 5) is 36.0. The number of aryl methyl sites for hydroxylation is 2. The Bertz CT molecular complexity index is 752. The summed E-state index contributed by atoms with van der Waals surface area (Å²) in [5, 5.41) is 13.7. The van der Waals surface area contributed by atoms with Gasteiger partial charge in [0.15, 0.2) is 11.8 Å². The number of carboxylic acids is 1. The van der Waals surface area contributed by atoms with Crippen molar-refractivity contribution >= 4 is 29.0 Å². The van der Waals surface area contributed by atoms with E-state index in [1.807, 2.05) is 19.9 Å². The molecule has 1 unspecified atom stereocenters. The molecule has 0 fully saturated rings. The van der Waals surface area contributed by atoms with Gasteiger partial charge in [0.05, 0.1) is 4.88 Å². The average Bonchev–Trinajstić information content (AvgIpc) is 3.07. The zero-order chi connectivity index (χ0) is 17.7. The normalized spacial score (nSPS) is 11.8. The van der Waals surface area contributed by atoms with Crippen molar-refractivity contribution in [2.75, 3.05) is 0 Å². The lowest BCUT2D eigenvalue weighted by Gasteiger charge is -2.16. The number of carboxylic acid groups (broad SMARTS) is 1. The Balaban J connectivity index is 1.99. The molecule has 5 nitrogen and oxygen atoms in total. The summed E-state index contributed by atoms with van der Waals surface area (Å²) in [6.45, 7) is 3.82. The van der Waals surface area contributed by atoms with Crippen LogP contribution < -0.4 is 5.32 Å². The number of ketones is 1. The summed E-state index contributed by atoms with van der Waals surface area (Å²) in [6.07, 6.45) is 0.0248. The van der Waals surface area contributed by atoms with Crippen molar-refractivity contribution in [1.82, 2.24) is 5.32 Å². The van der Waals surface area contributed by atoms with Crippen molar-refractivity contribution in [2.24, 2.45) is 0 Å². The van der Waals surface area contributed by atoms with Gasteiger partial charge in [0.25, 0.3) is 0 Å². The van der Waals surface area contributed by atoms with Crippen LogP contribution in [0.2, 0.25) is 0 Å². The maximum Gasteiger partial charge on any atom is 0.330 e. The fourth-order valence-electron chi connectivity index (χ4n) is 2.25. The lowest BCUT2D eigenvalue weighted by atomic mass is 10.0. The van der Waals surface area contributed by atoms with Crippen LogP contribution in [0.3, 0.4) is 0 Å². The molecule has 0 spiro atoms. The van der Waals surface area contributed by atoms with Crippen LogP contribution in [0.25, 0.3) is 0 Å². The third-order valence-corrected chi connectivity index (χ3v) is 4.70. The highest BCUT2D eigenvalue weighted by Crippen LogP contribution is 2.18. The van der Waals surface area contributed by atoms with E-state index in [1.54, 1.807) is 29.6 Å². The zero-order valence-corrected chi connectivity index (χ0v) is 14.4. The molecule has 2 N–H and O–H groups in total. The standard InChI is InChI=1S/C18H19NO4S/c1-11-5-6-13(10-12(11)2)17(18(22)23)19-16(21)8-7-14(20)15-4-3-9-24-15/h3-6,9-10,17H,7-8H2,1-2H3,(H,19,21)(H,22,23). The topological polar surface area (TPSA) is 83.5 Å². The van der Waals surface area contributed by atoms with E-state index in [1.165, 1.54) is 11.3 Å². The molecule has 24 heavy (non-hydrogen) atoms. The van der Waals surface area contributed by atoms with Gasteiger partial charge in [-0.15, -0.1) is 11.3 Å². The molecule has 0 aliphatic heterocycles. The molecular formula is C18H19NO4S. The fraction of sp³-hybridized carbons (Fsp3) is 0.278. The van der Waals surface area contributed by atoms with Crippen LogP contribution in [0.1, 0.15) is 45.2 Å². The van der Waals surface area contributed by atoms with Crippen LogP contribution in [0.15, 0.2) is 35.7 Å². The second-order valence-corrected chi connectivity index (χ2v) is 6.53. The van der Waals surface area contributed by atoms with Crippen LogP contribution in [0.5, 0.6) is 0 Å². The van der Waals surface area contributed by atoms with Gasteiger partial charge in [-0.05, 0) is 42.0 Å². The average molecular weight is 345 g/mol. The van der Waals surface area contributed by atoms with Crippen LogP contribution >= 0.6 is 11.3 Å². The molecule has 0 radical (unpaired) electrons. The first-order valence-electron chi connectivity index (χ1n) is 7.54. The predicted molar refractivity (Wildman–Crippen MR) is 92.3 cm³/mol. The summed E-state index contributed by atoms with van der Waals surface area (Å²) < 4.78 is 0. The van der Waals surface area contributed by atoms with Gasteiger partial charge in [-0.3, -0.25) is 9.59 Å². The smallest absolute Gasteiger partial charge is 0.330 e. The van der Waals surface area contributed by atoms with Crippen molar-refractivity contribution < 1.29 is 19.5 Å². The minimum Gasteiger partial charge on any atom is -0.479 e. The molecule has 0 aliphatic rings. The number of nitrogens with one attached hydrogen (secondary N) is 1. The Kier molecular flexibility index (Phi) is 5.87. The molecule has 1 aromatic carbocycles. The molecule has 1 amide bonds. The number of amides is 1. The minimum atomic E-state index is -1.13. The van der Waals surface area contributed by atoms with E-state index < -0.39 is 17.9 Å². The number of benzene rings is 1. The Labute approximate surface area is 144 Å². The van der Waals surface area contributed by atoms with Crippen molar-refractivity contribution in [2.45, 2.75) is 32.7 Å². The van der Waals surface area contributed by atoms with Gasteiger partial charge in [0, 0.05) is 12.8 Å². The van der Waals surface area contributed by atoms with E-state index in [2.05, 4.69) is 5.32 Å². The lowest BCUT2D eigenvalue weighted by molar-refractivity contribution is -0.142. The minimum absolute atomic E-state index is 0.0364. The highest BCUT2D eigenvalue weighted by atomic mass is 32.1. The van der Waals surface area contributed by atoms with E-state index in [0.717, 1.165) is 11.1 Å². The number of Topliss-reactive ketones (excluding diaryl/α,β-unsaturated/α-hetero) is 1. The molecule has 6 heteroatoms. The number of rotatable bonds is 7. The first-order valence-corrected chi connectivity index (χ1v) is 8.42. The Morgan fingerprint density at radius 2 is 1.88 bits per heavy atom. The van der Waals surface area contributed by atoms with E-state index in [0.29, 0.717) is 10.4 Å². The van der Waals surface area contributed by atoms with Crippen molar-refractivity contribution in [3.05, 3.63) is 57.3 Å². The summed E-state index contributed by atoms with van der Waals surface area (Å²) in [7, 11) is 0. The van der Waals surface area contributed by atoms with Crippen molar-refractivity contribution in [1.29, 1.82) is 0 Å². The molecule has 1 heterocycles. The maximum atomic E-state index is 12.0. The Morgan fingerprint density at radius 3 is 2.46 bits per heavy atom. The van der Waals surface area contributed by atoms with Gasteiger partial charge in [-0.1, -0.05) is 24.3 Å². The monoisotopic (exact) mass is 345 g/mol. The number of hydrogen-bond acceptors (Lipinski definition) is 4. The molecule has 2 aromatic rings. The van der Waals surface area contributed by atoms with Gasteiger partial charge in [-0.25, -0.2) is 4.79 Å². The number of thiophene rings is 1. The molecule has 0 bridgehead atoms. The molecule has 0 saturated heterocycles. The largest absolute Gasteiger partial charge is 0.479 e. The van der Waals surface area contributed by atoms with Crippen molar-refractivity contribution in [3.63, 3.8) is 0 Å². The first-order chi connectivity index (χ1) is 11.4. The zero-order valence-electron chi connectivity index (χ0n) is 13.5. The molecule has 0 aliphatic carbocycles. The van der Waals surface area contributed by atoms with E-state index in [-0.39, 0.29) is 18.6 Å². The van der Waals surface area contributed by atoms with Crippen LogP contribution in [0, 0.1) is 13.8 Å². The van der Waals surface area contributed by atoms with Crippen LogP contribution in [0.4, 0.5) is 0 Å². The van der Waals surface area contributed by atoms with Crippen LogP contribution in [-0.2, 0) is 9.59 Å². The summed E-state index contributed by atoms with van der Waals surface area (Å²) in [5.41, 5.74) is 2.53. The lowest BCUT2D eigenvalue weighted by Crippen LogP contribution is -2.34. The SMILES string of the molecule is Cc1ccc(C(NC(=O)CCC(=O)c2cccs2)C(=O)O)cc1C. The number of aliphatic carboxylic acids is 1. The molecule has 1 aromatic heterocycles. The second kappa shape index (κ2) is 7.88. The fourth-order valence-corrected chi connectivity index (χ4v) is 2.95.